The second kappa shape index (κ2) is 8.10. The molecule has 0 radical (unpaired) electrons. The third-order valence-electron chi connectivity index (χ3n) is 2.34. The first-order valence-corrected chi connectivity index (χ1v) is 6.11. The molecule has 1 aromatic rings. The van der Waals surface area contributed by atoms with Gasteiger partial charge in [0.2, 0.25) is 5.91 Å². The van der Waals surface area contributed by atoms with E-state index in [1.807, 2.05) is 25.1 Å². The maximum Gasteiger partial charge on any atom is 0.319 e. The van der Waals surface area contributed by atoms with Crippen molar-refractivity contribution in [1.82, 2.24) is 10.6 Å². The lowest BCUT2D eigenvalue weighted by molar-refractivity contribution is -0.120. The second-order valence-electron chi connectivity index (χ2n) is 4.10. The summed E-state index contributed by atoms with van der Waals surface area (Å²) in [6, 6.07) is 6.95. The number of aliphatic hydroxyl groups is 1. The Morgan fingerprint density at radius 1 is 1.26 bits per heavy atom. The number of hydrogen-bond acceptors (Lipinski definition) is 3. The van der Waals surface area contributed by atoms with Gasteiger partial charge in [-0.15, -0.1) is 0 Å². The van der Waals surface area contributed by atoms with Crippen molar-refractivity contribution >= 4 is 17.6 Å². The van der Waals surface area contributed by atoms with E-state index in [1.165, 1.54) is 0 Å². The van der Waals surface area contributed by atoms with Crippen LogP contribution in [-0.2, 0) is 4.79 Å². The van der Waals surface area contributed by atoms with Crippen LogP contribution in [0.2, 0.25) is 0 Å². The van der Waals surface area contributed by atoms with Crippen LogP contribution in [-0.4, -0.2) is 36.7 Å². The molecular formula is C13H19N3O3. The zero-order valence-corrected chi connectivity index (χ0v) is 10.9. The number of aryl methyl sites for hydroxylation is 1. The molecule has 0 atom stereocenters. The summed E-state index contributed by atoms with van der Waals surface area (Å²) in [7, 11) is 0. The molecule has 0 aliphatic carbocycles. The highest BCUT2D eigenvalue weighted by molar-refractivity contribution is 5.92. The molecular weight excluding hydrogens is 246 g/mol. The van der Waals surface area contributed by atoms with Crippen molar-refractivity contribution in [3.8, 4) is 0 Å². The fourth-order valence-corrected chi connectivity index (χ4v) is 1.43. The number of hydrogen-bond donors (Lipinski definition) is 4. The Balaban J connectivity index is 2.26. The zero-order valence-electron chi connectivity index (χ0n) is 10.9. The lowest BCUT2D eigenvalue weighted by Gasteiger charge is -2.08. The molecule has 0 saturated heterocycles. The highest BCUT2D eigenvalue weighted by atomic mass is 16.3. The van der Waals surface area contributed by atoms with Crippen LogP contribution in [0.5, 0.6) is 0 Å². The molecule has 3 amide bonds. The molecule has 1 rings (SSSR count). The van der Waals surface area contributed by atoms with Gasteiger partial charge in [-0.3, -0.25) is 4.79 Å². The molecule has 0 fully saturated rings. The van der Waals surface area contributed by atoms with E-state index < -0.39 is 6.03 Å². The number of benzene rings is 1. The summed E-state index contributed by atoms with van der Waals surface area (Å²) < 4.78 is 0. The zero-order chi connectivity index (χ0) is 14.1. The van der Waals surface area contributed by atoms with Crippen LogP contribution in [0, 0.1) is 6.92 Å². The van der Waals surface area contributed by atoms with E-state index >= 15 is 0 Å². The number of anilines is 1. The van der Waals surface area contributed by atoms with Crippen molar-refractivity contribution in [3.63, 3.8) is 0 Å². The van der Waals surface area contributed by atoms with Crippen LogP contribution >= 0.6 is 0 Å². The Morgan fingerprint density at radius 2 is 2.05 bits per heavy atom. The van der Waals surface area contributed by atoms with Crippen LogP contribution in [0.4, 0.5) is 10.5 Å². The highest BCUT2D eigenvalue weighted by Gasteiger charge is 2.05. The third kappa shape index (κ3) is 6.42. The van der Waals surface area contributed by atoms with Crippen molar-refractivity contribution < 1.29 is 14.7 Å². The summed E-state index contributed by atoms with van der Waals surface area (Å²) in [4.78, 5) is 22.8. The average Bonchev–Trinajstić information content (AvgIpc) is 2.37. The summed E-state index contributed by atoms with van der Waals surface area (Å²) >= 11 is 0. The van der Waals surface area contributed by atoms with Crippen molar-refractivity contribution in [3.05, 3.63) is 29.8 Å². The van der Waals surface area contributed by atoms with Crippen molar-refractivity contribution in [2.45, 2.75) is 13.3 Å². The quantitative estimate of drug-likeness (QED) is 0.568. The van der Waals surface area contributed by atoms with Gasteiger partial charge in [-0.1, -0.05) is 12.1 Å². The van der Waals surface area contributed by atoms with Crippen molar-refractivity contribution in [1.29, 1.82) is 0 Å². The number of aliphatic hydroxyl groups excluding tert-OH is 1. The summed E-state index contributed by atoms with van der Waals surface area (Å²) in [6.07, 6.45) is 0.501. The normalized spacial score (nSPS) is 9.79. The molecule has 1 aromatic carbocycles. The van der Waals surface area contributed by atoms with Gasteiger partial charge in [-0.05, 0) is 31.0 Å². The fraction of sp³-hybridized carbons (Fsp3) is 0.385. The monoisotopic (exact) mass is 265 g/mol. The van der Waals surface area contributed by atoms with Gasteiger partial charge in [0, 0.05) is 18.8 Å². The summed E-state index contributed by atoms with van der Waals surface area (Å²) in [6.45, 7) is 2.26. The second-order valence-corrected chi connectivity index (χ2v) is 4.10. The standard InChI is InChI=1S/C13H19N3O3/c1-10-4-2-5-11(8-10)16-13(19)15-9-12(18)14-6-3-7-17/h2,4-5,8,17H,3,6-7,9H2,1H3,(H,14,18)(H2,15,16,19). The lowest BCUT2D eigenvalue weighted by Crippen LogP contribution is -2.39. The van der Waals surface area contributed by atoms with Gasteiger partial charge in [0.1, 0.15) is 0 Å². The Labute approximate surface area is 112 Å². The summed E-state index contributed by atoms with van der Waals surface area (Å²) in [5, 5.41) is 16.2. The maximum atomic E-state index is 11.5. The van der Waals surface area contributed by atoms with E-state index in [1.54, 1.807) is 6.07 Å². The molecule has 19 heavy (non-hydrogen) atoms. The molecule has 0 bridgehead atoms. The minimum atomic E-state index is -0.428. The van der Waals surface area contributed by atoms with E-state index in [0.717, 1.165) is 5.56 Å². The van der Waals surface area contributed by atoms with Crippen molar-refractivity contribution in [2.75, 3.05) is 25.0 Å². The van der Waals surface area contributed by atoms with Crippen LogP contribution in [0.1, 0.15) is 12.0 Å². The maximum absolute atomic E-state index is 11.5. The van der Waals surface area contributed by atoms with Crippen LogP contribution in [0.25, 0.3) is 0 Å². The molecule has 6 heteroatoms. The minimum absolute atomic E-state index is 0.0293. The predicted octanol–water partition coefficient (Wildman–Crippen LogP) is 0.615. The highest BCUT2D eigenvalue weighted by Crippen LogP contribution is 2.08. The van der Waals surface area contributed by atoms with Crippen LogP contribution in [0.15, 0.2) is 24.3 Å². The van der Waals surface area contributed by atoms with Gasteiger partial charge >= 0.3 is 6.03 Å². The van der Waals surface area contributed by atoms with E-state index in [2.05, 4.69) is 16.0 Å². The van der Waals surface area contributed by atoms with E-state index in [0.29, 0.717) is 18.7 Å². The van der Waals surface area contributed by atoms with Gasteiger partial charge in [-0.25, -0.2) is 4.79 Å². The first-order chi connectivity index (χ1) is 9.11. The van der Waals surface area contributed by atoms with Crippen molar-refractivity contribution in [2.24, 2.45) is 0 Å². The Bertz CT molecular complexity index is 435. The van der Waals surface area contributed by atoms with Gasteiger partial charge in [0.15, 0.2) is 0 Å². The molecule has 0 saturated carbocycles. The molecule has 6 nitrogen and oxygen atoms in total. The molecule has 0 aliphatic heterocycles. The van der Waals surface area contributed by atoms with Gasteiger partial charge in [0.25, 0.3) is 0 Å². The number of urea groups is 1. The van der Waals surface area contributed by atoms with Gasteiger partial charge < -0.3 is 21.1 Å². The van der Waals surface area contributed by atoms with E-state index in [4.69, 9.17) is 5.11 Å². The topological polar surface area (TPSA) is 90.5 Å². The molecule has 104 valence electrons. The first-order valence-electron chi connectivity index (χ1n) is 6.11. The predicted molar refractivity (Wildman–Crippen MR) is 72.9 cm³/mol. The van der Waals surface area contributed by atoms with E-state index in [9.17, 15) is 9.59 Å². The summed E-state index contributed by atoms with van der Waals surface area (Å²) in [5.74, 6) is -0.284. The lowest BCUT2D eigenvalue weighted by atomic mass is 10.2. The number of nitrogens with one attached hydrogen (secondary N) is 3. The smallest absolute Gasteiger partial charge is 0.319 e. The summed E-state index contributed by atoms with van der Waals surface area (Å²) in [5.41, 5.74) is 1.72. The number of carbonyl (C=O) groups excluding carboxylic acids is 2. The third-order valence-corrected chi connectivity index (χ3v) is 2.34. The molecule has 0 heterocycles. The molecule has 4 N–H and O–H groups in total. The minimum Gasteiger partial charge on any atom is -0.396 e. The first kappa shape index (κ1) is 15.0. The van der Waals surface area contributed by atoms with Gasteiger partial charge in [0.05, 0.1) is 6.54 Å². The number of carbonyl (C=O) groups is 2. The fourth-order valence-electron chi connectivity index (χ4n) is 1.43. The Hall–Kier alpha value is -2.08. The average molecular weight is 265 g/mol. The van der Waals surface area contributed by atoms with Crippen LogP contribution < -0.4 is 16.0 Å². The Morgan fingerprint density at radius 3 is 2.74 bits per heavy atom. The number of amides is 3. The molecule has 0 aliphatic rings. The number of rotatable bonds is 6. The SMILES string of the molecule is Cc1cccc(NC(=O)NCC(=O)NCCCO)c1. The molecule has 0 aromatic heterocycles. The van der Waals surface area contributed by atoms with Gasteiger partial charge in [-0.2, -0.15) is 0 Å². The molecule has 0 unspecified atom stereocenters. The van der Waals surface area contributed by atoms with Crippen LogP contribution in [0.3, 0.4) is 0 Å². The van der Waals surface area contributed by atoms with E-state index in [-0.39, 0.29) is 19.1 Å². The molecule has 0 spiro atoms. The largest absolute Gasteiger partial charge is 0.396 e. The Kier molecular flexibility index (Phi) is 6.38.